The van der Waals surface area contributed by atoms with Gasteiger partial charge in [0.25, 0.3) is 5.91 Å². The SMILES string of the molecule is CC1(c2cccc(NC(=O)CCNC(=O)c3ccc(Cl)cc3)c2)CCSC(N)=N1. The first kappa shape index (κ1) is 21.2. The van der Waals surface area contributed by atoms with E-state index in [4.69, 9.17) is 17.3 Å². The number of benzene rings is 2. The van der Waals surface area contributed by atoms with Gasteiger partial charge in [0.15, 0.2) is 5.17 Å². The Morgan fingerprint density at radius 1 is 1.24 bits per heavy atom. The van der Waals surface area contributed by atoms with Crippen molar-refractivity contribution in [3.05, 3.63) is 64.7 Å². The van der Waals surface area contributed by atoms with Crippen LogP contribution in [0.3, 0.4) is 0 Å². The quantitative estimate of drug-likeness (QED) is 0.649. The Bertz CT molecular complexity index is 933. The first-order valence-electron chi connectivity index (χ1n) is 9.28. The molecule has 1 aliphatic heterocycles. The molecular formula is C21H23ClN4O2S. The predicted molar refractivity (Wildman–Crippen MR) is 120 cm³/mol. The number of anilines is 1. The predicted octanol–water partition coefficient (Wildman–Crippen LogP) is 3.77. The van der Waals surface area contributed by atoms with E-state index in [1.54, 1.807) is 36.0 Å². The van der Waals surface area contributed by atoms with Crippen LogP contribution in [0, 0.1) is 0 Å². The number of nitrogens with two attached hydrogens (primary N) is 1. The molecule has 0 spiro atoms. The fraction of sp³-hybridized carbons (Fsp3) is 0.286. The molecule has 29 heavy (non-hydrogen) atoms. The lowest BCUT2D eigenvalue weighted by Gasteiger charge is -2.30. The van der Waals surface area contributed by atoms with Crippen LogP contribution < -0.4 is 16.4 Å². The van der Waals surface area contributed by atoms with Gasteiger partial charge in [0.1, 0.15) is 0 Å². The highest BCUT2D eigenvalue weighted by Crippen LogP contribution is 2.35. The van der Waals surface area contributed by atoms with Gasteiger partial charge >= 0.3 is 0 Å². The molecule has 2 aromatic rings. The monoisotopic (exact) mass is 430 g/mol. The molecule has 8 heteroatoms. The van der Waals surface area contributed by atoms with E-state index in [9.17, 15) is 9.59 Å². The summed E-state index contributed by atoms with van der Waals surface area (Å²) in [5, 5.41) is 6.77. The summed E-state index contributed by atoms with van der Waals surface area (Å²) in [6.45, 7) is 2.29. The topological polar surface area (TPSA) is 96.6 Å². The number of amidine groups is 1. The lowest BCUT2D eigenvalue weighted by molar-refractivity contribution is -0.116. The molecule has 2 aromatic carbocycles. The number of hydrogen-bond donors (Lipinski definition) is 3. The molecule has 3 rings (SSSR count). The van der Waals surface area contributed by atoms with E-state index >= 15 is 0 Å². The van der Waals surface area contributed by atoms with Crippen LogP contribution in [0.4, 0.5) is 5.69 Å². The van der Waals surface area contributed by atoms with Gasteiger partial charge in [-0.1, -0.05) is 35.5 Å². The molecule has 2 amide bonds. The van der Waals surface area contributed by atoms with E-state index in [1.807, 2.05) is 31.2 Å². The third-order valence-electron chi connectivity index (χ3n) is 4.71. The largest absolute Gasteiger partial charge is 0.379 e. The molecule has 1 heterocycles. The van der Waals surface area contributed by atoms with E-state index in [-0.39, 0.29) is 30.3 Å². The molecule has 0 bridgehead atoms. The number of halogens is 1. The van der Waals surface area contributed by atoms with Crippen LogP contribution in [-0.2, 0) is 10.3 Å². The third-order valence-corrected chi connectivity index (χ3v) is 5.76. The van der Waals surface area contributed by atoms with Crippen molar-refractivity contribution in [1.29, 1.82) is 0 Å². The second kappa shape index (κ2) is 9.33. The highest BCUT2D eigenvalue weighted by atomic mass is 35.5. The van der Waals surface area contributed by atoms with Gasteiger partial charge < -0.3 is 16.4 Å². The summed E-state index contributed by atoms with van der Waals surface area (Å²) in [4.78, 5) is 28.9. The van der Waals surface area contributed by atoms with Crippen molar-refractivity contribution in [1.82, 2.24) is 5.32 Å². The molecule has 0 radical (unpaired) electrons. The summed E-state index contributed by atoms with van der Waals surface area (Å²) in [7, 11) is 0. The van der Waals surface area contributed by atoms with Gasteiger partial charge in [-0.05, 0) is 55.3 Å². The Morgan fingerprint density at radius 2 is 2.00 bits per heavy atom. The smallest absolute Gasteiger partial charge is 0.251 e. The van der Waals surface area contributed by atoms with Crippen molar-refractivity contribution in [2.24, 2.45) is 10.7 Å². The zero-order chi connectivity index (χ0) is 20.9. The summed E-state index contributed by atoms with van der Waals surface area (Å²) in [6, 6.07) is 14.2. The van der Waals surface area contributed by atoms with Crippen LogP contribution >= 0.6 is 23.4 Å². The van der Waals surface area contributed by atoms with Gasteiger partial charge in [0.05, 0.1) is 5.54 Å². The van der Waals surface area contributed by atoms with E-state index in [0.717, 1.165) is 17.7 Å². The zero-order valence-electron chi connectivity index (χ0n) is 16.1. The summed E-state index contributed by atoms with van der Waals surface area (Å²) in [5.41, 5.74) is 7.72. The van der Waals surface area contributed by atoms with E-state index < -0.39 is 0 Å². The molecule has 0 fully saturated rings. The molecule has 6 nitrogen and oxygen atoms in total. The van der Waals surface area contributed by atoms with Gasteiger partial charge in [0.2, 0.25) is 5.91 Å². The van der Waals surface area contributed by atoms with Crippen molar-refractivity contribution >= 4 is 46.0 Å². The van der Waals surface area contributed by atoms with Gasteiger partial charge in [-0.25, -0.2) is 0 Å². The maximum absolute atomic E-state index is 12.3. The average molecular weight is 431 g/mol. The molecular weight excluding hydrogens is 408 g/mol. The molecule has 1 atom stereocenters. The minimum Gasteiger partial charge on any atom is -0.379 e. The number of carbonyl (C=O) groups excluding carboxylic acids is 2. The minimum absolute atomic E-state index is 0.169. The number of thioether (sulfide) groups is 1. The number of nitrogens with zero attached hydrogens (tertiary/aromatic N) is 1. The zero-order valence-corrected chi connectivity index (χ0v) is 17.6. The van der Waals surface area contributed by atoms with E-state index in [2.05, 4.69) is 15.6 Å². The molecule has 0 aromatic heterocycles. The lowest BCUT2D eigenvalue weighted by atomic mass is 9.89. The van der Waals surface area contributed by atoms with Gasteiger partial charge in [-0.2, -0.15) is 0 Å². The molecule has 0 saturated heterocycles. The van der Waals surface area contributed by atoms with Crippen LogP contribution in [0.2, 0.25) is 5.02 Å². The van der Waals surface area contributed by atoms with Crippen molar-refractivity contribution in [3.8, 4) is 0 Å². The maximum atomic E-state index is 12.3. The molecule has 0 saturated carbocycles. The average Bonchev–Trinajstić information content (AvgIpc) is 2.68. The van der Waals surface area contributed by atoms with Crippen molar-refractivity contribution in [3.63, 3.8) is 0 Å². The van der Waals surface area contributed by atoms with Crippen LogP contribution in [0.15, 0.2) is 53.5 Å². The number of rotatable bonds is 6. The van der Waals surface area contributed by atoms with Crippen LogP contribution in [0.5, 0.6) is 0 Å². The highest BCUT2D eigenvalue weighted by molar-refractivity contribution is 8.13. The summed E-state index contributed by atoms with van der Waals surface area (Å²) in [6.07, 6.45) is 1.05. The van der Waals surface area contributed by atoms with Crippen molar-refractivity contribution in [2.75, 3.05) is 17.6 Å². The molecule has 1 aliphatic rings. The third kappa shape index (κ3) is 5.74. The Kier molecular flexibility index (Phi) is 6.82. The van der Waals surface area contributed by atoms with Gasteiger partial charge in [-0.3, -0.25) is 14.6 Å². The second-order valence-corrected chi connectivity index (χ2v) is 8.52. The Hall–Kier alpha value is -2.51. The molecule has 4 N–H and O–H groups in total. The number of amides is 2. The Morgan fingerprint density at radius 3 is 2.72 bits per heavy atom. The summed E-state index contributed by atoms with van der Waals surface area (Å²) < 4.78 is 0. The number of carbonyl (C=O) groups is 2. The summed E-state index contributed by atoms with van der Waals surface area (Å²) in [5.74, 6) is 0.497. The van der Waals surface area contributed by atoms with Crippen LogP contribution in [-0.4, -0.2) is 29.3 Å². The maximum Gasteiger partial charge on any atom is 0.251 e. The first-order chi connectivity index (χ1) is 13.9. The van der Waals surface area contributed by atoms with Crippen LogP contribution in [0.25, 0.3) is 0 Å². The van der Waals surface area contributed by atoms with Crippen LogP contribution in [0.1, 0.15) is 35.7 Å². The standard InChI is InChI=1S/C21H23ClN4O2S/c1-21(10-12-29-20(23)26-21)15-3-2-4-17(13-15)25-18(27)9-11-24-19(28)14-5-7-16(22)8-6-14/h2-8,13H,9-12H2,1H3,(H2,23,26)(H,24,28)(H,25,27). The van der Waals surface area contributed by atoms with Crippen molar-refractivity contribution < 1.29 is 9.59 Å². The number of nitrogens with one attached hydrogen (secondary N) is 2. The highest BCUT2D eigenvalue weighted by Gasteiger charge is 2.29. The van der Waals surface area contributed by atoms with Gasteiger partial charge in [0, 0.05) is 35.0 Å². The molecule has 0 aliphatic carbocycles. The first-order valence-corrected chi connectivity index (χ1v) is 10.6. The second-order valence-electron chi connectivity index (χ2n) is 6.96. The Balaban J connectivity index is 1.54. The fourth-order valence-corrected chi connectivity index (χ4v) is 4.14. The Labute approximate surface area is 179 Å². The minimum atomic E-state index is -0.386. The van der Waals surface area contributed by atoms with Gasteiger partial charge in [-0.15, -0.1) is 0 Å². The molecule has 152 valence electrons. The normalized spacial score (nSPS) is 18.6. The van der Waals surface area contributed by atoms with E-state index in [0.29, 0.717) is 21.4 Å². The summed E-state index contributed by atoms with van der Waals surface area (Å²) >= 11 is 7.37. The van der Waals surface area contributed by atoms with Crippen molar-refractivity contribution in [2.45, 2.75) is 25.3 Å². The lowest BCUT2D eigenvalue weighted by Crippen LogP contribution is -2.29. The van der Waals surface area contributed by atoms with E-state index in [1.165, 1.54) is 0 Å². The number of hydrogen-bond acceptors (Lipinski definition) is 5. The molecule has 1 unspecified atom stereocenters. The number of aliphatic imine (C=N–C) groups is 1. The fourth-order valence-electron chi connectivity index (χ4n) is 3.04.